The minimum Gasteiger partial charge on any atom is -0.464 e. The molecule has 1 N–H and O–H groups in total. The Morgan fingerprint density at radius 3 is 2.53 bits per heavy atom. The van der Waals surface area contributed by atoms with E-state index in [0.29, 0.717) is 18.5 Å². The molecule has 1 heterocycles. The molecule has 0 saturated carbocycles. The lowest BCUT2D eigenvalue weighted by atomic mass is 9.71. The highest BCUT2D eigenvalue weighted by Crippen LogP contribution is 2.42. The minimum absolute atomic E-state index is 0.257. The van der Waals surface area contributed by atoms with Crippen molar-refractivity contribution < 1.29 is 19.4 Å². The number of carbonyl (C=O) groups excluding carboxylic acids is 2. The summed E-state index contributed by atoms with van der Waals surface area (Å²) in [6, 6.07) is 0. The average molecular weight is 267 g/mol. The second-order valence-corrected chi connectivity index (χ2v) is 5.06. The van der Waals surface area contributed by atoms with Crippen LogP contribution in [-0.4, -0.2) is 41.6 Å². The molecule has 0 aromatic rings. The lowest BCUT2D eigenvalue weighted by Crippen LogP contribution is -2.65. The van der Waals surface area contributed by atoms with Crippen LogP contribution in [-0.2, 0) is 14.3 Å². The van der Waals surface area contributed by atoms with Crippen LogP contribution in [0.2, 0.25) is 0 Å². The molecule has 0 bridgehead atoms. The van der Waals surface area contributed by atoms with Crippen molar-refractivity contribution in [2.75, 3.05) is 13.7 Å². The zero-order valence-electron chi connectivity index (χ0n) is 11.9. The molecule has 0 aromatic carbocycles. The Hall–Kier alpha value is -1.62. The lowest BCUT2D eigenvalue weighted by Gasteiger charge is -2.50. The molecule has 1 aliphatic rings. The van der Waals surface area contributed by atoms with E-state index < -0.39 is 17.5 Å². The number of carbonyl (C=O) groups is 2. The number of esters is 1. The third-order valence-electron chi connectivity index (χ3n) is 3.54. The summed E-state index contributed by atoms with van der Waals surface area (Å²) in [5.41, 5.74) is 0.0991. The number of aliphatic hydroxyl groups is 1. The third kappa shape index (κ3) is 2.42. The average Bonchev–Trinajstić information content (AvgIpc) is 2.35. The second kappa shape index (κ2) is 5.57. The topological polar surface area (TPSA) is 66.8 Å². The van der Waals surface area contributed by atoms with E-state index in [9.17, 15) is 14.7 Å². The maximum Gasteiger partial charge on any atom is 0.354 e. The maximum atomic E-state index is 12.4. The number of nitrogens with zero attached hydrogens (tertiary/aromatic N) is 1. The molecule has 1 unspecified atom stereocenters. The smallest absolute Gasteiger partial charge is 0.354 e. The summed E-state index contributed by atoms with van der Waals surface area (Å²) >= 11 is 0. The van der Waals surface area contributed by atoms with Gasteiger partial charge >= 0.3 is 5.97 Å². The standard InChI is InChI=1S/C14H21NO4/c1-6-7-14(10(4)16)8-15(13(14)18)11(9(2)3)12(17)19-5/h6,10,16H,1,7-8H2,2-5H3/t10?,14-/m0/s1. The van der Waals surface area contributed by atoms with Crippen LogP contribution in [0.1, 0.15) is 27.2 Å². The Labute approximate surface area is 113 Å². The van der Waals surface area contributed by atoms with Gasteiger partial charge in [-0.2, -0.15) is 0 Å². The summed E-state index contributed by atoms with van der Waals surface area (Å²) in [6.07, 6.45) is 1.21. The Morgan fingerprint density at radius 2 is 2.21 bits per heavy atom. The molecule has 0 radical (unpaired) electrons. The summed E-state index contributed by atoms with van der Waals surface area (Å²) < 4.78 is 4.69. The number of aliphatic hydroxyl groups excluding tert-OH is 1. The summed E-state index contributed by atoms with van der Waals surface area (Å²) in [5.74, 6) is -0.796. The molecule has 5 heteroatoms. The number of hydrogen-bond donors (Lipinski definition) is 1. The highest BCUT2D eigenvalue weighted by molar-refractivity contribution is 6.00. The van der Waals surface area contributed by atoms with Crippen molar-refractivity contribution >= 4 is 11.9 Å². The Morgan fingerprint density at radius 1 is 1.63 bits per heavy atom. The molecular formula is C14H21NO4. The van der Waals surface area contributed by atoms with Crippen molar-refractivity contribution in [1.82, 2.24) is 4.90 Å². The molecule has 106 valence electrons. The van der Waals surface area contributed by atoms with Gasteiger partial charge in [0.05, 0.1) is 18.6 Å². The fourth-order valence-electron chi connectivity index (χ4n) is 2.35. The lowest BCUT2D eigenvalue weighted by molar-refractivity contribution is -0.170. The van der Waals surface area contributed by atoms with Crippen LogP contribution in [0.4, 0.5) is 0 Å². The largest absolute Gasteiger partial charge is 0.464 e. The minimum atomic E-state index is -0.865. The van der Waals surface area contributed by atoms with E-state index in [1.807, 2.05) is 0 Å². The summed E-state index contributed by atoms with van der Waals surface area (Å²) in [7, 11) is 1.28. The van der Waals surface area contributed by atoms with Gasteiger partial charge in [-0.3, -0.25) is 4.79 Å². The SMILES string of the molecule is C=CC[C@@]1(C(C)O)CN(C(C(=O)OC)=C(C)C)C1=O. The van der Waals surface area contributed by atoms with Crippen LogP contribution < -0.4 is 0 Å². The van der Waals surface area contributed by atoms with Gasteiger partial charge in [-0.05, 0) is 32.8 Å². The number of hydrogen-bond acceptors (Lipinski definition) is 4. The predicted octanol–water partition coefficient (Wildman–Crippen LogP) is 1.24. The molecule has 0 aliphatic carbocycles. The van der Waals surface area contributed by atoms with Gasteiger partial charge in [-0.15, -0.1) is 6.58 Å². The first-order valence-corrected chi connectivity index (χ1v) is 6.18. The van der Waals surface area contributed by atoms with Gasteiger partial charge in [0.25, 0.3) is 0 Å². The molecule has 1 aliphatic heterocycles. The number of ether oxygens (including phenoxy) is 1. The Kier molecular flexibility index (Phi) is 4.52. The normalized spacial score (nSPS) is 23.4. The first-order chi connectivity index (χ1) is 8.81. The molecule has 0 spiro atoms. The number of methoxy groups -OCH3 is 1. The van der Waals surface area contributed by atoms with Gasteiger partial charge in [0.2, 0.25) is 5.91 Å². The molecule has 0 aromatic heterocycles. The van der Waals surface area contributed by atoms with Crippen LogP contribution >= 0.6 is 0 Å². The summed E-state index contributed by atoms with van der Waals surface area (Å²) in [4.78, 5) is 25.4. The summed E-state index contributed by atoms with van der Waals surface area (Å²) in [6.45, 7) is 8.99. The van der Waals surface area contributed by atoms with Crippen LogP contribution in [0.5, 0.6) is 0 Å². The molecule has 1 rings (SSSR count). The second-order valence-electron chi connectivity index (χ2n) is 5.06. The number of amides is 1. The van der Waals surface area contributed by atoms with E-state index in [0.717, 1.165) is 0 Å². The van der Waals surface area contributed by atoms with Gasteiger partial charge in [0, 0.05) is 6.54 Å². The molecule has 1 fully saturated rings. The number of allylic oxidation sites excluding steroid dienone is 2. The van der Waals surface area contributed by atoms with Crippen LogP contribution in [0.15, 0.2) is 23.9 Å². The van der Waals surface area contributed by atoms with E-state index in [1.165, 1.54) is 12.0 Å². The molecule has 1 amide bonds. The maximum absolute atomic E-state index is 12.4. The van der Waals surface area contributed by atoms with Crippen molar-refractivity contribution in [3.8, 4) is 0 Å². The molecular weight excluding hydrogens is 246 g/mol. The summed E-state index contributed by atoms with van der Waals surface area (Å²) in [5, 5.41) is 9.83. The van der Waals surface area contributed by atoms with Gasteiger partial charge in [-0.25, -0.2) is 4.79 Å². The molecule has 2 atom stereocenters. The number of likely N-dealkylation sites (tertiary alicyclic amines) is 1. The highest BCUT2D eigenvalue weighted by Gasteiger charge is 2.56. The fraction of sp³-hybridized carbons (Fsp3) is 0.571. The van der Waals surface area contributed by atoms with Crippen LogP contribution in [0.25, 0.3) is 0 Å². The molecule has 5 nitrogen and oxygen atoms in total. The monoisotopic (exact) mass is 267 g/mol. The Balaban J connectivity index is 3.04. The fourth-order valence-corrected chi connectivity index (χ4v) is 2.35. The van der Waals surface area contributed by atoms with E-state index in [4.69, 9.17) is 4.74 Å². The number of rotatable bonds is 5. The van der Waals surface area contributed by atoms with Gasteiger partial charge in [0.15, 0.2) is 0 Å². The van der Waals surface area contributed by atoms with E-state index in [2.05, 4.69) is 6.58 Å². The quantitative estimate of drug-likeness (QED) is 0.352. The first kappa shape index (κ1) is 15.4. The van der Waals surface area contributed by atoms with Gasteiger partial charge < -0.3 is 14.7 Å². The predicted molar refractivity (Wildman–Crippen MR) is 71.0 cm³/mol. The third-order valence-corrected chi connectivity index (χ3v) is 3.54. The molecule has 19 heavy (non-hydrogen) atoms. The molecule has 1 saturated heterocycles. The number of β-lactam (4-membered cyclic amide) rings is 1. The van der Waals surface area contributed by atoms with Gasteiger partial charge in [-0.1, -0.05) is 6.08 Å². The van der Waals surface area contributed by atoms with E-state index in [-0.39, 0.29) is 11.6 Å². The van der Waals surface area contributed by atoms with Crippen molar-refractivity contribution in [1.29, 1.82) is 0 Å². The van der Waals surface area contributed by atoms with Crippen molar-refractivity contribution in [2.24, 2.45) is 5.41 Å². The van der Waals surface area contributed by atoms with E-state index >= 15 is 0 Å². The van der Waals surface area contributed by atoms with E-state index in [1.54, 1.807) is 26.8 Å². The van der Waals surface area contributed by atoms with Crippen LogP contribution in [0, 0.1) is 5.41 Å². The van der Waals surface area contributed by atoms with Crippen LogP contribution in [0.3, 0.4) is 0 Å². The van der Waals surface area contributed by atoms with Crippen molar-refractivity contribution in [3.63, 3.8) is 0 Å². The Bertz CT molecular complexity index is 435. The first-order valence-electron chi connectivity index (χ1n) is 6.18. The highest BCUT2D eigenvalue weighted by atomic mass is 16.5. The van der Waals surface area contributed by atoms with Crippen molar-refractivity contribution in [3.05, 3.63) is 23.9 Å². The zero-order valence-corrected chi connectivity index (χ0v) is 11.9. The van der Waals surface area contributed by atoms with Crippen molar-refractivity contribution in [2.45, 2.75) is 33.3 Å². The zero-order chi connectivity index (χ0) is 14.8. The van der Waals surface area contributed by atoms with Gasteiger partial charge in [0.1, 0.15) is 5.70 Å².